The number of aliphatic carboxylic acids is 2. The van der Waals surface area contributed by atoms with E-state index in [-0.39, 0.29) is 40.1 Å². The zero-order valence-electron chi connectivity index (χ0n) is 8.60. The van der Waals surface area contributed by atoms with E-state index in [1.807, 2.05) is 0 Å². The number of hydrogen-bond acceptors (Lipinski definition) is 6. The van der Waals surface area contributed by atoms with Crippen LogP contribution in [-0.4, -0.2) is 61.7 Å². The Hall–Kier alpha value is -0.218. The molecule has 0 aliphatic carbocycles. The summed E-state index contributed by atoms with van der Waals surface area (Å²) in [6.07, 6.45) is -2.13. The quantitative estimate of drug-likeness (QED) is 0.465. The first-order valence-electron chi connectivity index (χ1n) is 4.01. The van der Waals surface area contributed by atoms with Crippen LogP contribution >= 0.6 is 0 Å². The standard InChI is InChI=1S/2C4H8O3.Pb/c2*1-3(5)2-4(6)7;/h2*3,5H,2H2,1H3,(H,6,7);/q;;+2/p-2. The summed E-state index contributed by atoms with van der Waals surface area (Å²) < 4.78 is 0. The van der Waals surface area contributed by atoms with Crippen molar-refractivity contribution >= 4 is 39.2 Å². The van der Waals surface area contributed by atoms with Crippen LogP contribution < -0.4 is 10.2 Å². The van der Waals surface area contributed by atoms with Crippen molar-refractivity contribution in [1.82, 2.24) is 0 Å². The van der Waals surface area contributed by atoms with Crippen molar-refractivity contribution in [3.8, 4) is 0 Å². The second kappa shape index (κ2) is 11.9. The number of carboxylic acid groups (broad SMARTS) is 2. The Morgan fingerprint density at radius 3 is 1.20 bits per heavy atom. The average Bonchev–Trinajstić information content (AvgIpc) is 1.79. The van der Waals surface area contributed by atoms with Crippen molar-refractivity contribution in [2.75, 3.05) is 0 Å². The van der Waals surface area contributed by atoms with Crippen LogP contribution in [0.2, 0.25) is 0 Å². The molecule has 0 rings (SSSR count). The molecule has 2 radical (unpaired) electrons. The van der Waals surface area contributed by atoms with Gasteiger partial charge in [-0.3, -0.25) is 0 Å². The van der Waals surface area contributed by atoms with Gasteiger partial charge in [-0.15, -0.1) is 0 Å². The predicted octanol–water partition coefficient (Wildman–Crippen LogP) is -3.37. The number of aliphatic hydroxyl groups excluding tert-OH is 2. The van der Waals surface area contributed by atoms with E-state index < -0.39 is 24.1 Å². The summed E-state index contributed by atoms with van der Waals surface area (Å²) in [5, 5.41) is 35.7. The summed E-state index contributed by atoms with van der Waals surface area (Å²) in [4.78, 5) is 19.1. The average molecular weight is 413 g/mol. The van der Waals surface area contributed by atoms with E-state index in [2.05, 4.69) is 0 Å². The van der Waals surface area contributed by atoms with Gasteiger partial charge in [-0.25, -0.2) is 0 Å². The summed E-state index contributed by atoms with van der Waals surface area (Å²) in [6, 6.07) is 0. The van der Waals surface area contributed by atoms with Crippen LogP contribution in [0.3, 0.4) is 0 Å². The summed E-state index contributed by atoms with van der Waals surface area (Å²) in [6.45, 7) is 2.80. The van der Waals surface area contributed by atoms with Gasteiger partial charge in [-0.1, -0.05) is 0 Å². The summed E-state index contributed by atoms with van der Waals surface area (Å²) in [5.74, 6) is -2.43. The molecule has 0 aliphatic rings. The Labute approximate surface area is 108 Å². The Morgan fingerprint density at radius 1 is 1.00 bits per heavy atom. The molecule has 0 spiro atoms. The normalized spacial score (nSPS) is 12.5. The van der Waals surface area contributed by atoms with Gasteiger partial charge in [0, 0.05) is 24.8 Å². The summed E-state index contributed by atoms with van der Waals surface area (Å²) in [7, 11) is 0. The van der Waals surface area contributed by atoms with Gasteiger partial charge >= 0.3 is 27.3 Å². The van der Waals surface area contributed by atoms with Gasteiger partial charge < -0.3 is 30.0 Å². The van der Waals surface area contributed by atoms with Crippen molar-refractivity contribution in [2.45, 2.75) is 38.9 Å². The fraction of sp³-hybridized carbons (Fsp3) is 0.750. The van der Waals surface area contributed by atoms with E-state index in [1.165, 1.54) is 13.8 Å². The number of rotatable bonds is 4. The Morgan fingerprint density at radius 2 is 1.20 bits per heavy atom. The van der Waals surface area contributed by atoms with E-state index in [0.717, 1.165) is 0 Å². The van der Waals surface area contributed by atoms with Crippen molar-refractivity contribution in [2.24, 2.45) is 0 Å². The van der Waals surface area contributed by atoms with Crippen molar-refractivity contribution in [3.05, 3.63) is 0 Å². The number of carbonyl (C=O) groups is 2. The molecular formula is C8H14O6Pb. The molecule has 0 bridgehead atoms. The molecule has 0 saturated carbocycles. The van der Waals surface area contributed by atoms with Gasteiger partial charge in [-0.2, -0.15) is 0 Å². The first-order valence-corrected chi connectivity index (χ1v) is 4.01. The molecule has 6 nitrogen and oxygen atoms in total. The van der Waals surface area contributed by atoms with Crippen LogP contribution in [0, 0.1) is 0 Å². The third kappa shape index (κ3) is 31.6. The number of hydrogen-bond donors (Lipinski definition) is 2. The fourth-order valence-electron chi connectivity index (χ4n) is 0.482. The molecule has 15 heavy (non-hydrogen) atoms. The van der Waals surface area contributed by atoms with E-state index in [9.17, 15) is 19.8 Å². The van der Waals surface area contributed by atoms with Gasteiger partial charge in [0.05, 0.1) is 12.2 Å². The Bertz CT molecular complexity index is 160. The molecule has 0 fully saturated rings. The fourth-order valence-corrected chi connectivity index (χ4v) is 0.482. The minimum absolute atomic E-state index is 0. The molecule has 0 aromatic heterocycles. The predicted molar refractivity (Wildman–Crippen MR) is 48.4 cm³/mol. The van der Waals surface area contributed by atoms with E-state index in [0.29, 0.717) is 0 Å². The monoisotopic (exact) mass is 414 g/mol. The summed E-state index contributed by atoms with van der Waals surface area (Å²) in [5.41, 5.74) is 0. The summed E-state index contributed by atoms with van der Waals surface area (Å²) >= 11 is 0. The van der Waals surface area contributed by atoms with Gasteiger partial charge in [0.1, 0.15) is 0 Å². The van der Waals surface area contributed by atoms with Crippen LogP contribution in [-0.2, 0) is 9.59 Å². The molecule has 0 aromatic carbocycles. The molecule has 0 heterocycles. The molecule has 0 amide bonds. The van der Waals surface area contributed by atoms with Crippen LogP contribution in [0.5, 0.6) is 0 Å². The SMILES string of the molecule is CC(O)CC(=O)[O-].CC(O)CC(=O)[O-].[Pb+2]. The van der Waals surface area contributed by atoms with E-state index >= 15 is 0 Å². The zero-order valence-corrected chi connectivity index (χ0v) is 12.5. The molecule has 0 saturated heterocycles. The molecular weight excluding hydrogens is 399 g/mol. The maximum absolute atomic E-state index is 9.54. The third-order valence-electron chi connectivity index (χ3n) is 0.924. The largest absolute Gasteiger partial charge is 2.00 e. The van der Waals surface area contributed by atoms with Crippen molar-refractivity contribution in [3.63, 3.8) is 0 Å². The van der Waals surface area contributed by atoms with Gasteiger partial charge in [-0.05, 0) is 13.8 Å². The molecule has 2 atom stereocenters. The smallest absolute Gasteiger partial charge is 0.550 e. The van der Waals surface area contributed by atoms with Crippen LogP contribution in [0.15, 0.2) is 0 Å². The van der Waals surface area contributed by atoms with Crippen molar-refractivity contribution in [1.29, 1.82) is 0 Å². The van der Waals surface area contributed by atoms with Gasteiger partial charge in [0.15, 0.2) is 0 Å². The molecule has 2 unspecified atom stereocenters. The van der Waals surface area contributed by atoms with Gasteiger partial charge in [0.25, 0.3) is 0 Å². The number of aliphatic hydroxyl groups is 2. The second-order valence-electron chi connectivity index (χ2n) is 2.85. The molecule has 86 valence electrons. The van der Waals surface area contributed by atoms with Crippen LogP contribution in [0.4, 0.5) is 0 Å². The molecule has 2 N–H and O–H groups in total. The van der Waals surface area contributed by atoms with Crippen LogP contribution in [0.25, 0.3) is 0 Å². The maximum Gasteiger partial charge on any atom is 2.00 e. The van der Waals surface area contributed by atoms with E-state index in [1.54, 1.807) is 0 Å². The molecule has 0 aromatic rings. The van der Waals surface area contributed by atoms with Crippen LogP contribution in [0.1, 0.15) is 26.7 Å². The zero-order chi connectivity index (χ0) is 11.7. The van der Waals surface area contributed by atoms with Gasteiger partial charge in [0.2, 0.25) is 0 Å². The number of carboxylic acids is 2. The van der Waals surface area contributed by atoms with Crippen molar-refractivity contribution < 1.29 is 30.0 Å². The first kappa shape index (κ1) is 20.2. The second-order valence-corrected chi connectivity index (χ2v) is 2.85. The third-order valence-corrected chi connectivity index (χ3v) is 0.924. The molecule has 7 heteroatoms. The Balaban J connectivity index is -0.000000180. The maximum atomic E-state index is 9.54. The minimum atomic E-state index is -1.21. The number of carbonyl (C=O) groups excluding carboxylic acids is 2. The topological polar surface area (TPSA) is 121 Å². The minimum Gasteiger partial charge on any atom is -0.550 e. The first-order chi connectivity index (χ1) is 6.25. The molecule has 0 aliphatic heterocycles. The van der Waals surface area contributed by atoms with E-state index in [4.69, 9.17) is 10.2 Å². The Kier molecular flexibility index (Phi) is 16.0.